The number of thiazole rings is 1. The first kappa shape index (κ1) is 27.4. The van der Waals surface area contributed by atoms with Gasteiger partial charge in [0.1, 0.15) is 22.3 Å². The molecule has 14 heteroatoms. The highest BCUT2D eigenvalue weighted by molar-refractivity contribution is 7.48. The van der Waals surface area contributed by atoms with E-state index in [1.54, 1.807) is 20.8 Å². The monoisotopic (exact) mass is 528 g/mol. The predicted octanol–water partition coefficient (Wildman–Crippen LogP) is 3.48. The average Bonchev–Trinajstić information content (AvgIpc) is 3.28. The zero-order valence-electron chi connectivity index (χ0n) is 20.6. The van der Waals surface area contributed by atoms with Crippen molar-refractivity contribution in [3.63, 3.8) is 0 Å². The van der Waals surface area contributed by atoms with E-state index in [0.29, 0.717) is 34.8 Å². The van der Waals surface area contributed by atoms with Crippen molar-refractivity contribution in [3.05, 3.63) is 23.0 Å². The van der Waals surface area contributed by atoms with E-state index in [1.807, 2.05) is 13.0 Å². The molecule has 2 aromatic rings. The predicted molar refractivity (Wildman–Crippen MR) is 134 cm³/mol. The average molecular weight is 529 g/mol. The van der Waals surface area contributed by atoms with Gasteiger partial charge < -0.3 is 15.0 Å². The largest absolute Gasteiger partial charge is 0.474 e. The minimum Gasteiger partial charge on any atom is -0.462 e. The van der Waals surface area contributed by atoms with Crippen LogP contribution in [0.5, 0.6) is 0 Å². The summed E-state index contributed by atoms with van der Waals surface area (Å²) in [5.74, 6) is 1.66. The maximum Gasteiger partial charge on any atom is 0.474 e. The molecule has 0 bridgehead atoms. The van der Waals surface area contributed by atoms with E-state index in [9.17, 15) is 9.36 Å². The van der Waals surface area contributed by atoms with Gasteiger partial charge in [0.2, 0.25) is 0 Å². The van der Waals surface area contributed by atoms with Crippen LogP contribution in [0.2, 0.25) is 0 Å². The van der Waals surface area contributed by atoms with Gasteiger partial charge in [-0.15, -0.1) is 0 Å². The van der Waals surface area contributed by atoms with Crippen LogP contribution < -0.4 is 10.2 Å². The first-order valence-corrected chi connectivity index (χ1v) is 13.9. The zero-order chi connectivity index (χ0) is 25.3. The number of esters is 1. The summed E-state index contributed by atoms with van der Waals surface area (Å²) in [6, 6.07) is 1.87. The van der Waals surface area contributed by atoms with Gasteiger partial charge in [-0.25, -0.2) is 24.3 Å². The third kappa shape index (κ3) is 8.19. The number of hydrogen-bond acceptors (Lipinski definition) is 13. The fourth-order valence-electron chi connectivity index (χ4n) is 3.43. The summed E-state index contributed by atoms with van der Waals surface area (Å²) in [4.78, 5) is 30.0. The van der Waals surface area contributed by atoms with Crippen LogP contribution in [0.4, 0.5) is 16.8 Å². The maximum atomic E-state index is 12.4. The van der Waals surface area contributed by atoms with E-state index >= 15 is 0 Å². The van der Waals surface area contributed by atoms with Crippen LogP contribution in [-0.2, 0) is 22.9 Å². The number of ether oxygens (including phenoxy) is 1. The standard InChI is InChI=1S/C21H33N6O6PS/c1-5-30-20(28)17-15-22-21(35-17)25-18-14-19(24-16(4)23-18)27-10-8-26(9-11-27)12-13-33-34(29,31-6-2)32-7-3/h14-15H,5-13H2,1-4H3,(H,22,23,24,25). The smallest absolute Gasteiger partial charge is 0.462 e. The molecule has 1 fully saturated rings. The van der Waals surface area contributed by atoms with Crippen LogP contribution >= 0.6 is 19.2 Å². The van der Waals surface area contributed by atoms with E-state index in [1.165, 1.54) is 17.5 Å². The van der Waals surface area contributed by atoms with Gasteiger partial charge in [0, 0.05) is 38.8 Å². The lowest BCUT2D eigenvalue weighted by atomic mass is 10.3. The molecule has 0 spiro atoms. The molecule has 194 valence electrons. The van der Waals surface area contributed by atoms with Gasteiger partial charge in [-0.2, -0.15) is 0 Å². The Morgan fingerprint density at radius 3 is 2.46 bits per heavy atom. The molecular formula is C21H33N6O6PS. The molecule has 3 rings (SSSR count). The number of aryl methyl sites for hydroxylation is 1. The summed E-state index contributed by atoms with van der Waals surface area (Å²) in [5, 5.41) is 3.71. The number of phosphoric ester groups is 1. The van der Waals surface area contributed by atoms with Crippen LogP contribution in [0.3, 0.4) is 0 Å². The van der Waals surface area contributed by atoms with Gasteiger partial charge in [-0.1, -0.05) is 11.3 Å². The van der Waals surface area contributed by atoms with Crippen molar-refractivity contribution in [2.75, 3.05) is 69.4 Å². The van der Waals surface area contributed by atoms with Crippen molar-refractivity contribution in [2.45, 2.75) is 27.7 Å². The molecule has 0 amide bonds. The second-order valence-corrected chi connectivity index (χ2v) is 10.2. The highest BCUT2D eigenvalue weighted by Crippen LogP contribution is 2.49. The van der Waals surface area contributed by atoms with E-state index in [-0.39, 0.29) is 25.8 Å². The fourth-order valence-corrected chi connectivity index (χ4v) is 5.30. The van der Waals surface area contributed by atoms with E-state index in [2.05, 4.69) is 30.1 Å². The fraction of sp³-hybridized carbons (Fsp3) is 0.619. The number of rotatable bonds is 13. The molecule has 0 unspecified atom stereocenters. The minimum absolute atomic E-state index is 0.263. The normalized spacial score (nSPS) is 14.8. The number of anilines is 3. The van der Waals surface area contributed by atoms with Crippen molar-refractivity contribution in [1.29, 1.82) is 0 Å². The number of piperazine rings is 1. The molecule has 35 heavy (non-hydrogen) atoms. The Labute approximate surface area is 209 Å². The molecule has 0 atom stereocenters. The van der Waals surface area contributed by atoms with Crippen molar-refractivity contribution >= 4 is 41.9 Å². The highest BCUT2D eigenvalue weighted by Gasteiger charge is 2.26. The third-order valence-corrected chi connectivity index (χ3v) is 7.51. The summed E-state index contributed by atoms with van der Waals surface area (Å²) in [5.41, 5.74) is 0. The molecule has 0 aliphatic carbocycles. The minimum atomic E-state index is -3.49. The Balaban J connectivity index is 1.53. The number of phosphoric acid groups is 1. The van der Waals surface area contributed by atoms with Crippen molar-refractivity contribution < 1.29 is 27.7 Å². The molecule has 1 aliphatic rings. The number of nitrogens with zero attached hydrogens (tertiary/aromatic N) is 5. The Hall–Kier alpha value is -2.15. The second-order valence-electron chi connectivity index (χ2n) is 7.48. The lowest BCUT2D eigenvalue weighted by molar-refractivity contribution is 0.0531. The second kappa shape index (κ2) is 13.2. The van der Waals surface area contributed by atoms with Gasteiger partial charge >= 0.3 is 13.8 Å². The van der Waals surface area contributed by atoms with Crippen molar-refractivity contribution in [1.82, 2.24) is 19.9 Å². The molecule has 0 saturated carbocycles. The van der Waals surface area contributed by atoms with Gasteiger partial charge in [0.25, 0.3) is 0 Å². The number of carbonyl (C=O) groups excluding carboxylic acids is 1. The van der Waals surface area contributed by atoms with Crippen LogP contribution in [0.25, 0.3) is 0 Å². The van der Waals surface area contributed by atoms with Crippen LogP contribution in [0.1, 0.15) is 36.3 Å². The van der Waals surface area contributed by atoms with Gasteiger partial charge in [-0.3, -0.25) is 18.5 Å². The summed E-state index contributed by atoms with van der Waals surface area (Å²) in [6.45, 7) is 12.0. The molecule has 12 nitrogen and oxygen atoms in total. The summed E-state index contributed by atoms with van der Waals surface area (Å²) < 4.78 is 33.2. The van der Waals surface area contributed by atoms with Crippen molar-refractivity contribution in [2.24, 2.45) is 0 Å². The van der Waals surface area contributed by atoms with E-state index in [4.69, 9.17) is 18.3 Å². The SMILES string of the molecule is CCOC(=O)c1cnc(Nc2cc(N3CCN(CCOP(=O)(OCC)OCC)CC3)nc(C)n2)s1. The first-order valence-electron chi connectivity index (χ1n) is 11.6. The van der Waals surface area contributed by atoms with E-state index < -0.39 is 7.82 Å². The number of hydrogen-bond donors (Lipinski definition) is 1. The molecular weight excluding hydrogens is 495 g/mol. The Bertz CT molecular complexity index is 1010. The van der Waals surface area contributed by atoms with Crippen LogP contribution in [-0.4, -0.2) is 85.0 Å². The lowest BCUT2D eigenvalue weighted by Gasteiger charge is -2.35. The Morgan fingerprint density at radius 2 is 1.80 bits per heavy atom. The number of aromatic nitrogens is 3. The van der Waals surface area contributed by atoms with Crippen molar-refractivity contribution in [3.8, 4) is 0 Å². The first-order chi connectivity index (χ1) is 16.9. The summed E-state index contributed by atoms with van der Waals surface area (Å²) in [6.07, 6.45) is 1.49. The van der Waals surface area contributed by atoms with Crippen LogP contribution in [0, 0.1) is 6.92 Å². The molecule has 1 saturated heterocycles. The molecule has 3 heterocycles. The van der Waals surface area contributed by atoms with Gasteiger partial charge in [0.15, 0.2) is 5.13 Å². The van der Waals surface area contributed by atoms with Gasteiger partial charge in [0.05, 0.1) is 32.6 Å². The Kier molecular flexibility index (Phi) is 10.4. The third-order valence-electron chi connectivity index (χ3n) is 4.97. The molecule has 1 N–H and O–H groups in total. The number of nitrogens with one attached hydrogen (secondary N) is 1. The zero-order valence-corrected chi connectivity index (χ0v) is 22.3. The Morgan fingerprint density at radius 1 is 1.09 bits per heavy atom. The topological polar surface area (TPSA) is 128 Å². The number of carbonyl (C=O) groups is 1. The van der Waals surface area contributed by atoms with Crippen LogP contribution in [0.15, 0.2) is 12.3 Å². The highest BCUT2D eigenvalue weighted by atomic mass is 32.1. The molecule has 1 aliphatic heterocycles. The molecule has 0 aromatic carbocycles. The molecule has 2 aromatic heterocycles. The van der Waals surface area contributed by atoms with Gasteiger partial charge in [-0.05, 0) is 27.7 Å². The lowest BCUT2D eigenvalue weighted by Crippen LogP contribution is -2.47. The maximum absolute atomic E-state index is 12.4. The summed E-state index contributed by atoms with van der Waals surface area (Å²) >= 11 is 1.21. The van der Waals surface area contributed by atoms with E-state index in [0.717, 1.165) is 32.0 Å². The molecule has 0 radical (unpaired) electrons. The summed E-state index contributed by atoms with van der Waals surface area (Å²) in [7, 11) is -3.49. The quantitative estimate of drug-likeness (QED) is 0.302.